The van der Waals surface area contributed by atoms with E-state index in [-0.39, 0.29) is 23.2 Å². The monoisotopic (exact) mass is 295 g/mol. The van der Waals surface area contributed by atoms with E-state index in [4.69, 9.17) is 11.6 Å². The summed E-state index contributed by atoms with van der Waals surface area (Å²) in [6.07, 6.45) is -4.42. The lowest BCUT2D eigenvalue weighted by Crippen LogP contribution is -2.20. The molecule has 19 heavy (non-hydrogen) atoms. The van der Waals surface area contributed by atoms with Crippen LogP contribution in [0.1, 0.15) is 18.9 Å². The van der Waals surface area contributed by atoms with Crippen molar-refractivity contribution in [3.8, 4) is 0 Å². The van der Waals surface area contributed by atoms with Crippen LogP contribution in [0.5, 0.6) is 0 Å². The maximum Gasteiger partial charge on any atom is 0.416 e. The van der Waals surface area contributed by atoms with Crippen LogP contribution in [-0.4, -0.2) is 19.1 Å². The van der Waals surface area contributed by atoms with Crippen molar-refractivity contribution in [2.24, 2.45) is 0 Å². The number of hydrogen-bond donors (Lipinski definition) is 1. The molecule has 0 amide bonds. The molecule has 1 unspecified atom stereocenters. The van der Waals surface area contributed by atoms with Gasteiger partial charge in [0.1, 0.15) is 0 Å². The molecule has 0 radical (unpaired) electrons. The fraction of sp³-hybridized carbons (Fsp3) is 0.417. The summed E-state index contributed by atoms with van der Waals surface area (Å²) in [7, 11) is 1.25. The van der Waals surface area contributed by atoms with Gasteiger partial charge in [-0.2, -0.15) is 13.2 Å². The van der Waals surface area contributed by atoms with Crippen molar-refractivity contribution in [2.75, 3.05) is 12.4 Å². The van der Waals surface area contributed by atoms with Crippen molar-refractivity contribution in [1.82, 2.24) is 0 Å². The van der Waals surface area contributed by atoms with Crippen LogP contribution >= 0.6 is 11.6 Å². The summed E-state index contributed by atoms with van der Waals surface area (Å²) in [5.41, 5.74) is -0.635. The Morgan fingerprint density at radius 2 is 2.05 bits per heavy atom. The third-order valence-corrected chi connectivity index (χ3v) is 2.56. The van der Waals surface area contributed by atoms with Gasteiger partial charge in [-0.1, -0.05) is 11.6 Å². The molecule has 0 aliphatic heterocycles. The highest BCUT2D eigenvalue weighted by Gasteiger charge is 2.31. The van der Waals surface area contributed by atoms with Crippen LogP contribution in [0.4, 0.5) is 18.9 Å². The average Bonchev–Trinajstić information content (AvgIpc) is 2.26. The molecular formula is C12H13ClF3NO2. The Morgan fingerprint density at radius 1 is 1.42 bits per heavy atom. The Balaban J connectivity index is 2.84. The van der Waals surface area contributed by atoms with Crippen molar-refractivity contribution in [3.05, 3.63) is 28.8 Å². The summed E-state index contributed by atoms with van der Waals surface area (Å²) in [6, 6.07) is 2.79. The molecule has 0 aromatic heterocycles. The third-order valence-electron chi connectivity index (χ3n) is 2.34. The van der Waals surface area contributed by atoms with Gasteiger partial charge in [-0.05, 0) is 25.1 Å². The molecular weight excluding hydrogens is 283 g/mol. The Kier molecular flexibility index (Phi) is 5.05. The number of hydrogen-bond acceptors (Lipinski definition) is 3. The van der Waals surface area contributed by atoms with E-state index in [0.717, 1.165) is 12.1 Å². The van der Waals surface area contributed by atoms with E-state index in [2.05, 4.69) is 10.1 Å². The number of benzene rings is 1. The highest BCUT2D eigenvalue weighted by Crippen LogP contribution is 2.33. The van der Waals surface area contributed by atoms with Gasteiger partial charge in [0.25, 0.3) is 0 Å². The Labute approximate surface area is 113 Å². The first-order chi connectivity index (χ1) is 8.72. The minimum atomic E-state index is -4.47. The lowest BCUT2D eigenvalue weighted by molar-refractivity contribution is -0.141. The Morgan fingerprint density at radius 3 is 2.58 bits per heavy atom. The highest BCUT2D eigenvalue weighted by atomic mass is 35.5. The minimum absolute atomic E-state index is 0.0254. The number of ether oxygens (including phenoxy) is 1. The lowest BCUT2D eigenvalue weighted by Gasteiger charge is -2.16. The third kappa shape index (κ3) is 4.98. The average molecular weight is 296 g/mol. The van der Waals surface area contributed by atoms with Crippen molar-refractivity contribution in [3.63, 3.8) is 0 Å². The van der Waals surface area contributed by atoms with E-state index in [1.54, 1.807) is 6.92 Å². The largest absolute Gasteiger partial charge is 0.469 e. The number of halogens is 4. The SMILES string of the molecule is COC(=O)CC(C)Nc1cc(Cl)cc(C(F)(F)F)c1. The molecule has 3 nitrogen and oxygen atoms in total. The van der Waals surface area contributed by atoms with Gasteiger partial charge in [0, 0.05) is 16.8 Å². The number of methoxy groups -OCH3 is 1. The summed E-state index contributed by atoms with van der Waals surface area (Å²) < 4.78 is 42.2. The zero-order valence-electron chi connectivity index (χ0n) is 10.3. The quantitative estimate of drug-likeness (QED) is 0.860. The molecule has 0 saturated heterocycles. The molecule has 0 aliphatic rings. The summed E-state index contributed by atoms with van der Waals surface area (Å²) in [5, 5.41) is 2.75. The second-order valence-corrected chi connectivity index (χ2v) is 4.49. The predicted octanol–water partition coefficient (Wildman–Crippen LogP) is 3.72. The fourth-order valence-electron chi connectivity index (χ4n) is 1.51. The summed E-state index contributed by atoms with van der Waals surface area (Å²) in [4.78, 5) is 11.0. The van der Waals surface area contributed by atoms with Gasteiger partial charge in [0.2, 0.25) is 0 Å². The standard InChI is InChI=1S/C12H13ClF3NO2/c1-7(3-11(18)19-2)17-10-5-8(12(14,15)16)4-9(13)6-10/h4-7,17H,3H2,1-2H3. The van der Waals surface area contributed by atoms with Gasteiger partial charge < -0.3 is 10.1 Å². The van der Waals surface area contributed by atoms with Crippen LogP contribution in [0.2, 0.25) is 5.02 Å². The first-order valence-corrected chi connectivity index (χ1v) is 5.81. The molecule has 7 heteroatoms. The van der Waals surface area contributed by atoms with Crippen molar-refractivity contribution < 1.29 is 22.7 Å². The predicted molar refractivity (Wildman–Crippen MR) is 66.2 cm³/mol. The van der Waals surface area contributed by atoms with Gasteiger partial charge in [-0.25, -0.2) is 0 Å². The van der Waals surface area contributed by atoms with E-state index in [9.17, 15) is 18.0 Å². The summed E-state index contributed by atoms with van der Waals surface area (Å²) >= 11 is 5.64. The van der Waals surface area contributed by atoms with E-state index >= 15 is 0 Å². The number of anilines is 1. The molecule has 0 spiro atoms. The minimum Gasteiger partial charge on any atom is -0.469 e. The topological polar surface area (TPSA) is 38.3 Å². The number of rotatable bonds is 4. The molecule has 0 saturated carbocycles. The zero-order chi connectivity index (χ0) is 14.6. The van der Waals surface area contributed by atoms with Crippen LogP contribution < -0.4 is 5.32 Å². The normalized spacial score (nSPS) is 12.9. The van der Waals surface area contributed by atoms with Gasteiger partial charge >= 0.3 is 12.1 Å². The van der Waals surface area contributed by atoms with Gasteiger partial charge in [0.15, 0.2) is 0 Å². The second-order valence-electron chi connectivity index (χ2n) is 4.05. The van der Waals surface area contributed by atoms with Crippen LogP contribution in [0.25, 0.3) is 0 Å². The molecule has 1 aromatic rings. The fourth-order valence-corrected chi connectivity index (χ4v) is 1.74. The Bertz CT molecular complexity index is 463. The van der Waals surface area contributed by atoms with E-state index in [1.165, 1.54) is 13.2 Å². The molecule has 0 aliphatic carbocycles. The number of esters is 1. The van der Waals surface area contributed by atoms with E-state index in [1.807, 2.05) is 0 Å². The van der Waals surface area contributed by atoms with Gasteiger partial charge in [-0.3, -0.25) is 4.79 Å². The van der Waals surface area contributed by atoms with Gasteiger partial charge in [-0.15, -0.1) is 0 Å². The molecule has 0 heterocycles. The molecule has 1 rings (SSSR count). The van der Waals surface area contributed by atoms with Gasteiger partial charge in [0.05, 0.1) is 19.1 Å². The number of carbonyl (C=O) groups excluding carboxylic acids is 1. The highest BCUT2D eigenvalue weighted by molar-refractivity contribution is 6.30. The van der Waals surface area contributed by atoms with Crippen LogP contribution in [0, 0.1) is 0 Å². The maximum absolute atomic E-state index is 12.6. The molecule has 1 N–H and O–H groups in total. The lowest BCUT2D eigenvalue weighted by atomic mass is 10.1. The molecule has 1 atom stereocenters. The Hall–Kier alpha value is -1.43. The first-order valence-electron chi connectivity index (χ1n) is 5.43. The summed E-state index contributed by atoms with van der Waals surface area (Å²) in [6.45, 7) is 1.66. The van der Waals surface area contributed by atoms with Crippen LogP contribution in [-0.2, 0) is 15.7 Å². The first kappa shape index (κ1) is 15.6. The molecule has 0 bridgehead atoms. The number of carbonyl (C=O) groups is 1. The van der Waals surface area contributed by atoms with Crippen LogP contribution in [0.3, 0.4) is 0 Å². The van der Waals surface area contributed by atoms with Crippen LogP contribution in [0.15, 0.2) is 18.2 Å². The van der Waals surface area contributed by atoms with Crippen molar-refractivity contribution in [2.45, 2.75) is 25.6 Å². The maximum atomic E-state index is 12.6. The number of nitrogens with one attached hydrogen (secondary N) is 1. The second kappa shape index (κ2) is 6.14. The molecule has 0 fully saturated rings. The van der Waals surface area contributed by atoms with Crippen molar-refractivity contribution >= 4 is 23.3 Å². The van der Waals surface area contributed by atoms with Crippen molar-refractivity contribution in [1.29, 1.82) is 0 Å². The molecule has 1 aromatic carbocycles. The molecule has 106 valence electrons. The van der Waals surface area contributed by atoms with E-state index < -0.39 is 17.7 Å². The summed E-state index contributed by atoms with van der Waals surface area (Å²) in [5.74, 6) is -0.446. The number of alkyl halides is 3. The van der Waals surface area contributed by atoms with E-state index in [0.29, 0.717) is 0 Å². The smallest absolute Gasteiger partial charge is 0.416 e. The zero-order valence-corrected chi connectivity index (χ0v) is 11.1.